The average molecular weight is 648 g/mol. The van der Waals surface area contributed by atoms with Gasteiger partial charge in [0.15, 0.2) is 0 Å². The van der Waals surface area contributed by atoms with Crippen LogP contribution in [-0.2, 0) is 28.4 Å². The van der Waals surface area contributed by atoms with Crippen LogP contribution in [0.3, 0.4) is 0 Å². The van der Waals surface area contributed by atoms with Crippen molar-refractivity contribution < 1.29 is 43.1 Å². The molecule has 12 nitrogen and oxygen atoms in total. The van der Waals surface area contributed by atoms with Gasteiger partial charge in [0, 0.05) is 18.5 Å². The zero-order chi connectivity index (χ0) is 34.2. The third kappa shape index (κ3) is 6.10. The summed E-state index contributed by atoms with van der Waals surface area (Å²) in [5, 5.41) is 13.2. The maximum atomic E-state index is 13.8. The Bertz CT molecular complexity index is 1250. The minimum Gasteiger partial charge on any atom is -0.480 e. The summed E-state index contributed by atoms with van der Waals surface area (Å²) in [5.74, 6) is -0.401. The summed E-state index contributed by atoms with van der Waals surface area (Å²) in [6, 6.07) is -2.67. The fraction of sp³-hybridized carbons (Fsp3) is 0.879. The van der Waals surface area contributed by atoms with Gasteiger partial charge in [-0.2, -0.15) is 0 Å². The highest BCUT2D eigenvalue weighted by Crippen LogP contribution is 2.66. The Morgan fingerprint density at radius 1 is 1.02 bits per heavy atom. The Balaban J connectivity index is 1.33. The minimum absolute atomic E-state index is 0.0193. The number of carbonyl (C=O) groups is 4. The molecule has 6 fully saturated rings. The molecule has 8 atom stereocenters. The van der Waals surface area contributed by atoms with Gasteiger partial charge in [-0.25, -0.2) is 14.4 Å². The fourth-order valence-corrected chi connectivity index (χ4v) is 9.20. The zero-order valence-corrected chi connectivity index (χ0v) is 29.3. The van der Waals surface area contributed by atoms with Gasteiger partial charge in [0.2, 0.25) is 5.91 Å². The van der Waals surface area contributed by atoms with Crippen LogP contribution in [0.1, 0.15) is 101 Å². The Morgan fingerprint density at radius 2 is 1.67 bits per heavy atom. The quantitative estimate of drug-likeness (QED) is 0.376. The summed E-state index contributed by atoms with van der Waals surface area (Å²) < 4.78 is 24.1. The van der Waals surface area contributed by atoms with E-state index >= 15 is 0 Å². The molecule has 3 saturated heterocycles. The number of alkyl carbamates (subject to hydrolysis) is 1. The summed E-state index contributed by atoms with van der Waals surface area (Å²) in [7, 11) is -0.385. The number of ether oxygens (including phenoxy) is 2. The van der Waals surface area contributed by atoms with Gasteiger partial charge >= 0.3 is 25.3 Å². The molecule has 2 bridgehead atoms. The zero-order valence-electron chi connectivity index (χ0n) is 29.3. The number of hydrogen-bond acceptors (Lipinski definition) is 8. The predicted octanol–water partition coefficient (Wildman–Crippen LogP) is 4.70. The number of nitrogens with zero attached hydrogens (tertiary/aromatic N) is 2. The van der Waals surface area contributed by atoms with Crippen LogP contribution < -0.4 is 5.32 Å². The molecular formula is C33H54BN3O9. The monoisotopic (exact) mass is 647 g/mol. The number of carboxylic acid groups (broad SMARTS) is 1. The molecule has 3 aliphatic carbocycles. The molecule has 3 heterocycles. The van der Waals surface area contributed by atoms with Crippen molar-refractivity contribution in [1.29, 1.82) is 0 Å². The van der Waals surface area contributed by atoms with E-state index in [1.165, 1.54) is 4.90 Å². The molecule has 3 aliphatic heterocycles. The van der Waals surface area contributed by atoms with Gasteiger partial charge < -0.3 is 34.1 Å². The van der Waals surface area contributed by atoms with Gasteiger partial charge in [0.05, 0.1) is 17.7 Å². The SMILES string of the molecule is CC(NC(=O)OC(C)(C)C)C(=O)N1CC[C@@]2(CCCB3O[C@@H]4C[C@@H]5C[C@@H](C5(C)C)[C@]4(C)O3)[C@@H]1CN(C(=O)OC(C)(C)C)[C@@H]2C(=O)O. The summed E-state index contributed by atoms with van der Waals surface area (Å²) >= 11 is 0. The Hall–Kier alpha value is -2.54. The largest absolute Gasteiger partial charge is 0.480 e. The second kappa shape index (κ2) is 11.6. The molecule has 6 aliphatic rings. The van der Waals surface area contributed by atoms with Gasteiger partial charge in [-0.3, -0.25) is 9.69 Å². The molecule has 0 aromatic rings. The molecule has 0 radical (unpaired) electrons. The maximum Gasteiger partial charge on any atom is 0.457 e. The van der Waals surface area contributed by atoms with Crippen LogP contribution in [0.4, 0.5) is 9.59 Å². The molecule has 3 amide bonds. The maximum absolute atomic E-state index is 13.8. The number of rotatable bonds is 7. The van der Waals surface area contributed by atoms with Gasteiger partial charge in [0.1, 0.15) is 23.3 Å². The molecule has 0 aromatic carbocycles. The fourth-order valence-electron chi connectivity index (χ4n) is 9.20. The van der Waals surface area contributed by atoms with E-state index in [0.29, 0.717) is 44.0 Å². The third-order valence-corrected chi connectivity index (χ3v) is 11.4. The van der Waals surface area contributed by atoms with E-state index < -0.39 is 52.9 Å². The lowest BCUT2D eigenvalue weighted by Crippen LogP contribution is -2.65. The first kappa shape index (κ1) is 34.8. The van der Waals surface area contributed by atoms with Crippen molar-refractivity contribution in [2.45, 2.75) is 149 Å². The van der Waals surface area contributed by atoms with E-state index in [4.69, 9.17) is 18.8 Å². The standard InChI is InChI=1S/C33H54BN3O9/c1-19(35-27(41)43-29(2,3)4)25(38)36-15-13-33(22(36)18-37(24(33)26(39)40)28(42)44-30(5,6)7)12-11-14-34-45-23-17-20-16-21(31(20,8)9)32(23,10)46-34/h19-24H,11-18H2,1-10H3,(H,35,41)(H,39,40)/t19?,20-,21-,22-,23+,24+,32-,33-/m0/s1. The number of fused-ring (bicyclic) bond motifs is 1. The highest BCUT2D eigenvalue weighted by atomic mass is 16.7. The molecule has 6 rings (SSSR count). The van der Waals surface area contributed by atoms with E-state index in [1.807, 2.05) is 0 Å². The molecule has 0 spiro atoms. The second-order valence-corrected chi connectivity index (χ2v) is 17.1. The molecule has 0 aromatic heterocycles. The van der Waals surface area contributed by atoms with E-state index in [1.54, 1.807) is 53.4 Å². The number of likely N-dealkylation sites (tertiary alicyclic amines) is 2. The molecule has 13 heteroatoms. The second-order valence-electron chi connectivity index (χ2n) is 17.1. The summed E-state index contributed by atoms with van der Waals surface area (Å²) in [4.78, 5) is 55.6. The van der Waals surface area contributed by atoms with Crippen LogP contribution in [0.25, 0.3) is 0 Å². The van der Waals surface area contributed by atoms with Crippen molar-refractivity contribution in [2.24, 2.45) is 22.7 Å². The van der Waals surface area contributed by atoms with E-state index in [0.717, 1.165) is 12.8 Å². The molecule has 3 saturated carbocycles. The molecule has 2 N–H and O–H groups in total. The summed E-state index contributed by atoms with van der Waals surface area (Å²) in [6.45, 7) is 19.2. The smallest absolute Gasteiger partial charge is 0.457 e. The summed E-state index contributed by atoms with van der Waals surface area (Å²) in [6.07, 6.45) is 2.80. The van der Waals surface area contributed by atoms with Crippen LogP contribution >= 0.6 is 0 Å². The number of hydrogen-bond donors (Lipinski definition) is 2. The van der Waals surface area contributed by atoms with Crippen LogP contribution in [0.15, 0.2) is 0 Å². The normalized spacial score (nSPS) is 35.2. The third-order valence-electron chi connectivity index (χ3n) is 11.4. The van der Waals surface area contributed by atoms with Gasteiger partial charge in [-0.15, -0.1) is 0 Å². The number of carbonyl (C=O) groups excluding carboxylic acids is 3. The lowest BCUT2D eigenvalue weighted by molar-refractivity contribution is -0.199. The Labute approximate surface area is 273 Å². The number of amides is 3. The van der Waals surface area contributed by atoms with Crippen molar-refractivity contribution in [1.82, 2.24) is 15.1 Å². The topological polar surface area (TPSA) is 144 Å². The van der Waals surface area contributed by atoms with Crippen molar-refractivity contribution >= 4 is 31.2 Å². The lowest BCUT2D eigenvalue weighted by atomic mass is 9.43. The van der Waals surface area contributed by atoms with Crippen LogP contribution in [0, 0.1) is 22.7 Å². The number of nitrogens with one attached hydrogen (secondary N) is 1. The number of carboxylic acids is 1. The molecule has 46 heavy (non-hydrogen) atoms. The van der Waals surface area contributed by atoms with E-state index in [2.05, 4.69) is 26.1 Å². The molecular weight excluding hydrogens is 593 g/mol. The van der Waals surface area contributed by atoms with Gasteiger partial charge in [0.25, 0.3) is 0 Å². The molecule has 1 unspecified atom stereocenters. The molecule has 258 valence electrons. The van der Waals surface area contributed by atoms with Gasteiger partial charge in [-0.05, 0) is 105 Å². The van der Waals surface area contributed by atoms with Gasteiger partial charge in [-0.1, -0.05) is 20.3 Å². The van der Waals surface area contributed by atoms with Crippen molar-refractivity contribution in [3.8, 4) is 0 Å². The van der Waals surface area contributed by atoms with Crippen LogP contribution in [0.5, 0.6) is 0 Å². The first-order valence-electron chi connectivity index (χ1n) is 16.9. The van der Waals surface area contributed by atoms with Crippen molar-refractivity contribution in [2.75, 3.05) is 13.1 Å². The van der Waals surface area contributed by atoms with Crippen LogP contribution in [0.2, 0.25) is 6.32 Å². The summed E-state index contributed by atoms with van der Waals surface area (Å²) in [5.41, 5.74) is -2.58. The van der Waals surface area contributed by atoms with Crippen molar-refractivity contribution in [3.63, 3.8) is 0 Å². The van der Waals surface area contributed by atoms with E-state index in [-0.39, 0.29) is 36.7 Å². The first-order valence-corrected chi connectivity index (χ1v) is 16.9. The average Bonchev–Trinajstić information content (AvgIpc) is 3.52. The highest BCUT2D eigenvalue weighted by molar-refractivity contribution is 6.45. The highest BCUT2D eigenvalue weighted by Gasteiger charge is 2.68. The predicted molar refractivity (Wildman–Crippen MR) is 170 cm³/mol. The van der Waals surface area contributed by atoms with Crippen molar-refractivity contribution in [3.05, 3.63) is 0 Å². The lowest BCUT2D eigenvalue weighted by Gasteiger charge is -2.64. The Morgan fingerprint density at radius 3 is 2.26 bits per heavy atom. The van der Waals surface area contributed by atoms with E-state index in [9.17, 15) is 24.3 Å². The number of aliphatic carboxylic acids is 1. The van der Waals surface area contributed by atoms with Crippen LogP contribution in [-0.4, -0.2) is 100 Å². The minimum atomic E-state index is -1.18. The Kier molecular flexibility index (Phi) is 8.74. The first-order chi connectivity index (χ1) is 21.1.